The van der Waals surface area contributed by atoms with Crippen LogP contribution in [0.15, 0.2) is 28.8 Å². The van der Waals surface area contributed by atoms with Gasteiger partial charge in [0, 0.05) is 18.2 Å². The highest BCUT2D eigenvalue weighted by Crippen LogP contribution is 2.20. The van der Waals surface area contributed by atoms with Crippen LogP contribution in [0.3, 0.4) is 0 Å². The minimum Gasteiger partial charge on any atom is -0.334 e. The highest BCUT2D eigenvalue weighted by molar-refractivity contribution is 5.53. The average Bonchev–Trinajstić information content (AvgIpc) is 2.92. The highest BCUT2D eigenvalue weighted by Gasteiger charge is 2.24. The molecule has 1 saturated heterocycles. The molecule has 112 valence electrons. The summed E-state index contributed by atoms with van der Waals surface area (Å²) in [5.74, 6) is 1.90. The van der Waals surface area contributed by atoms with E-state index in [4.69, 9.17) is 10.3 Å². The molecular weight excluding hydrogens is 264 g/mol. The Morgan fingerprint density at radius 2 is 2.10 bits per heavy atom. The van der Waals surface area contributed by atoms with Crippen molar-refractivity contribution in [1.29, 1.82) is 0 Å². The predicted molar refractivity (Wildman–Crippen MR) is 81.5 cm³/mol. The number of benzene rings is 1. The standard InChI is InChI=1S/C16H22N4O/c1-11-3-5-13(6-4-11)16-18-15(19-21-16)10-20-8-7-12(2)14(17)9-20/h3-6,12,14H,7-10,17H2,1-2H3. The maximum absolute atomic E-state index is 6.13. The Balaban J connectivity index is 1.66. The highest BCUT2D eigenvalue weighted by atomic mass is 16.5. The number of rotatable bonds is 3. The maximum Gasteiger partial charge on any atom is 0.257 e. The van der Waals surface area contributed by atoms with Crippen molar-refractivity contribution in [3.63, 3.8) is 0 Å². The lowest BCUT2D eigenvalue weighted by molar-refractivity contribution is 0.157. The largest absolute Gasteiger partial charge is 0.334 e. The van der Waals surface area contributed by atoms with E-state index in [0.29, 0.717) is 18.4 Å². The molecule has 21 heavy (non-hydrogen) atoms. The van der Waals surface area contributed by atoms with Crippen LogP contribution < -0.4 is 5.73 Å². The van der Waals surface area contributed by atoms with E-state index in [-0.39, 0.29) is 6.04 Å². The number of nitrogens with zero attached hydrogens (tertiary/aromatic N) is 3. The number of aromatic nitrogens is 2. The lowest BCUT2D eigenvalue weighted by Gasteiger charge is -2.34. The third-order valence-electron chi connectivity index (χ3n) is 4.23. The van der Waals surface area contributed by atoms with Gasteiger partial charge in [-0.1, -0.05) is 29.8 Å². The van der Waals surface area contributed by atoms with E-state index < -0.39 is 0 Å². The SMILES string of the molecule is Cc1ccc(-c2nc(CN3CCC(C)C(N)C3)no2)cc1. The summed E-state index contributed by atoms with van der Waals surface area (Å²) in [6.07, 6.45) is 1.13. The molecule has 5 nitrogen and oxygen atoms in total. The monoisotopic (exact) mass is 286 g/mol. The number of hydrogen-bond donors (Lipinski definition) is 1. The Hall–Kier alpha value is -1.72. The average molecular weight is 286 g/mol. The second kappa shape index (κ2) is 5.95. The summed E-state index contributed by atoms with van der Waals surface area (Å²) in [5, 5.41) is 4.08. The van der Waals surface area contributed by atoms with E-state index in [1.807, 2.05) is 24.3 Å². The molecule has 2 atom stereocenters. The molecule has 0 saturated carbocycles. The van der Waals surface area contributed by atoms with Gasteiger partial charge in [0.2, 0.25) is 0 Å². The van der Waals surface area contributed by atoms with Gasteiger partial charge in [0.05, 0.1) is 6.54 Å². The van der Waals surface area contributed by atoms with Gasteiger partial charge in [-0.25, -0.2) is 0 Å². The number of piperidine rings is 1. The molecule has 5 heteroatoms. The van der Waals surface area contributed by atoms with Crippen molar-refractivity contribution in [3.8, 4) is 11.5 Å². The van der Waals surface area contributed by atoms with Crippen molar-refractivity contribution < 1.29 is 4.52 Å². The molecule has 2 N–H and O–H groups in total. The number of aryl methyl sites for hydroxylation is 1. The number of likely N-dealkylation sites (tertiary alicyclic amines) is 1. The Labute approximate surface area is 125 Å². The second-order valence-corrected chi connectivity index (χ2v) is 6.05. The Kier molecular flexibility index (Phi) is 4.03. The molecule has 1 fully saturated rings. The summed E-state index contributed by atoms with van der Waals surface area (Å²) in [6, 6.07) is 8.34. The molecule has 2 heterocycles. The van der Waals surface area contributed by atoms with E-state index in [2.05, 4.69) is 28.9 Å². The van der Waals surface area contributed by atoms with E-state index >= 15 is 0 Å². The summed E-state index contributed by atoms with van der Waals surface area (Å²) in [6.45, 7) is 6.92. The molecule has 3 rings (SSSR count). The van der Waals surface area contributed by atoms with E-state index in [0.717, 1.165) is 30.9 Å². The normalized spacial score (nSPS) is 23.4. The minimum absolute atomic E-state index is 0.238. The van der Waals surface area contributed by atoms with Gasteiger partial charge in [-0.3, -0.25) is 4.90 Å². The molecule has 1 aliphatic heterocycles. The van der Waals surface area contributed by atoms with E-state index in [1.165, 1.54) is 5.56 Å². The van der Waals surface area contributed by atoms with Gasteiger partial charge in [-0.05, 0) is 37.9 Å². The summed E-state index contributed by atoms with van der Waals surface area (Å²) < 4.78 is 5.36. The molecule has 0 radical (unpaired) electrons. The van der Waals surface area contributed by atoms with Gasteiger partial charge in [0.25, 0.3) is 5.89 Å². The van der Waals surface area contributed by atoms with Crippen molar-refractivity contribution in [1.82, 2.24) is 15.0 Å². The van der Waals surface area contributed by atoms with Gasteiger partial charge in [-0.2, -0.15) is 4.98 Å². The van der Waals surface area contributed by atoms with Crippen molar-refractivity contribution in [2.45, 2.75) is 32.9 Å². The van der Waals surface area contributed by atoms with Gasteiger partial charge < -0.3 is 10.3 Å². The van der Waals surface area contributed by atoms with Crippen LogP contribution in [-0.2, 0) is 6.54 Å². The molecule has 1 aliphatic rings. The van der Waals surface area contributed by atoms with E-state index in [9.17, 15) is 0 Å². The van der Waals surface area contributed by atoms with Crippen molar-refractivity contribution >= 4 is 0 Å². The molecule has 1 aromatic heterocycles. The molecular formula is C16H22N4O. The summed E-state index contributed by atoms with van der Waals surface area (Å²) in [5.41, 5.74) is 8.31. The summed E-state index contributed by atoms with van der Waals surface area (Å²) >= 11 is 0. The molecule has 0 spiro atoms. The van der Waals surface area contributed by atoms with Crippen LogP contribution in [0.25, 0.3) is 11.5 Å². The molecule has 0 amide bonds. The third kappa shape index (κ3) is 3.31. The van der Waals surface area contributed by atoms with Crippen LogP contribution in [0.1, 0.15) is 24.7 Å². The van der Waals surface area contributed by atoms with Crippen LogP contribution >= 0.6 is 0 Å². The number of nitrogens with two attached hydrogens (primary N) is 1. The Morgan fingerprint density at radius 3 is 2.81 bits per heavy atom. The van der Waals surface area contributed by atoms with Crippen LogP contribution in [0.4, 0.5) is 0 Å². The molecule has 1 aromatic carbocycles. The fourth-order valence-electron chi connectivity index (χ4n) is 2.64. The summed E-state index contributed by atoms with van der Waals surface area (Å²) in [7, 11) is 0. The first kappa shape index (κ1) is 14.2. The van der Waals surface area contributed by atoms with Gasteiger partial charge >= 0.3 is 0 Å². The van der Waals surface area contributed by atoms with Crippen LogP contribution in [0.2, 0.25) is 0 Å². The van der Waals surface area contributed by atoms with Gasteiger partial charge in [-0.15, -0.1) is 0 Å². The zero-order chi connectivity index (χ0) is 14.8. The first-order chi connectivity index (χ1) is 10.1. The van der Waals surface area contributed by atoms with Crippen molar-refractivity contribution in [2.75, 3.05) is 13.1 Å². The van der Waals surface area contributed by atoms with Crippen molar-refractivity contribution in [2.24, 2.45) is 11.7 Å². The predicted octanol–water partition coefficient (Wildman–Crippen LogP) is 2.21. The van der Waals surface area contributed by atoms with Crippen LogP contribution in [-0.4, -0.2) is 34.2 Å². The molecule has 2 aromatic rings. The minimum atomic E-state index is 0.238. The lowest BCUT2D eigenvalue weighted by atomic mass is 9.94. The second-order valence-electron chi connectivity index (χ2n) is 6.05. The zero-order valence-electron chi connectivity index (χ0n) is 12.6. The molecule has 0 bridgehead atoms. The van der Waals surface area contributed by atoms with Crippen LogP contribution in [0, 0.1) is 12.8 Å². The molecule has 2 unspecified atom stereocenters. The first-order valence-corrected chi connectivity index (χ1v) is 7.49. The number of hydrogen-bond acceptors (Lipinski definition) is 5. The topological polar surface area (TPSA) is 68.2 Å². The third-order valence-corrected chi connectivity index (χ3v) is 4.23. The molecule has 0 aliphatic carbocycles. The fraction of sp³-hybridized carbons (Fsp3) is 0.500. The first-order valence-electron chi connectivity index (χ1n) is 7.49. The lowest BCUT2D eigenvalue weighted by Crippen LogP contribution is -2.47. The van der Waals surface area contributed by atoms with Crippen LogP contribution in [0.5, 0.6) is 0 Å². The van der Waals surface area contributed by atoms with Crippen molar-refractivity contribution in [3.05, 3.63) is 35.7 Å². The fourth-order valence-corrected chi connectivity index (χ4v) is 2.64. The summed E-state index contributed by atoms with van der Waals surface area (Å²) in [4.78, 5) is 6.79. The van der Waals surface area contributed by atoms with Gasteiger partial charge in [0.15, 0.2) is 5.82 Å². The smallest absolute Gasteiger partial charge is 0.257 e. The quantitative estimate of drug-likeness (QED) is 0.937. The maximum atomic E-state index is 6.13. The Bertz CT molecular complexity index is 593. The van der Waals surface area contributed by atoms with E-state index in [1.54, 1.807) is 0 Å². The zero-order valence-corrected chi connectivity index (χ0v) is 12.6. The Morgan fingerprint density at radius 1 is 1.33 bits per heavy atom. The van der Waals surface area contributed by atoms with Gasteiger partial charge in [0.1, 0.15) is 0 Å².